The van der Waals surface area contributed by atoms with Crippen molar-refractivity contribution in [2.75, 3.05) is 0 Å². The van der Waals surface area contributed by atoms with E-state index in [9.17, 15) is 19.2 Å². The van der Waals surface area contributed by atoms with E-state index in [4.69, 9.17) is 20.4 Å². The van der Waals surface area contributed by atoms with Crippen molar-refractivity contribution in [1.82, 2.24) is 0 Å². The third kappa shape index (κ3) is 2.58. The first kappa shape index (κ1) is 13.9. The zero-order chi connectivity index (χ0) is 14.0. The van der Waals surface area contributed by atoms with Crippen LogP contribution in [0.1, 0.15) is 12.8 Å². The van der Waals surface area contributed by atoms with Gasteiger partial charge in [-0.15, -0.1) is 0 Å². The molecule has 0 aromatic rings. The summed E-state index contributed by atoms with van der Waals surface area (Å²) in [7, 11) is 0. The average molecular weight is 260 g/mol. The van der Waals surface area contributed by atoms with Crippen LogP contribution >= 0.6 is 0 Å². The molecular weight excluding hydrogens is 248 g/mol. The van der Waals surface area contributed by atoms with E-state index in [2.05, 4.69) is 0 Å². The smallest absolute Gasteiger partial charge is 0.307 e. The van der Waals surface area contributed by atoms with Gasteiger partial charge in [0.1, 0.15) is 0 Å². The molecule has 1 fully saturated rings. The van der Waals surface area contributed by atoms with Gasteiger partial charge in [-0.05, 0) is 12.3 Å². The lowest BCUT2D eigenvalue weighted by atomic mass is 9.84. The van der Waals surface area contributed by atoms with E-state index >= 15 is 0 Å². The second-order valence-electron chi connectivity index (χ2n) is 4.25. The number of carboxylic acid groups (broad SMARTS) is 4. The number of hydrogen-bond donors (Lipinski definition) is 4. The summed E-state index contributed by atoms with van der Waals surface area (Å²) in [6, 6.07) is 0. The minimum atomic E-state index is -1.49. The predicted molar refractivity (Wildman–Crippen MR) is 53.7 cm³/mol. The highest BCUT2D eigenvalue weighted by atomic mass is 16.4. The van der Waals surface area contributed by atoms with Crippen molar-refractivity contribution in [2.24, 2.45) is 23.7 Å². The van der Waals surface area contributed by atoms with Gasteiger partial charge in [0.2, 0.25) is 0 Å². The van der Waals surface area contributed by atoms with Gasteiger partial charge < -0.3 is 20.4 Å². The quantitative estimate of drug-likeness (QED) is 0.520. The minimum Gasteiger partial charge on any atom is -0.481 e. The Morgan fingerprint density at radius 3 is 1.67 bits per heavy atom. The molecule has 1 aliphatic carbocycles. The molecule has 0 saturated heterocycles. The van der Waals surface area contributed by atoms with Gasteiger partial charge in [-0.2, -0.15) is 0 Å². The highest BCUT2D eigenvalue weighted by Crippen LogP contribution is 2.44. The van der Waals surface area contributed by atoms with E-state index in [-0.39, 0.29) is 6.42 Å². The SMILES string of the molecule is O=C(O)C[C@H]1[C@@H](C(=O)O)[C@@H](C(=O)O)C[C@H]1C(=O)O. The lowest BCUT2D eigenvalue weighted by Crippen LogP contribution is -2.32. The van der Waals surface area contributed by atoms with Gasteiger partial charge in [0.15, 0.2) is 0 Å². The molecule has 1 aliphatic rings. The summed E-state index contributed by atoms with van der Waals surface area (Å²) in [6.07, 6.45) is -1.03. The lowest BCUT2D eigenvalue weighted by molar-refractivity contribution is -0.155. The van der Waals surface area contributed by atoms with Crippen molar-refractivity contribution in [1.29, 1.82) is 0 Å². The van der Waals surface area contributed by atoms with Crippen molar-refractivity contribution in [3.8, 4) is 0 Å². The zero-order valence-electron chi connectivity index (χ0n) is 9.15. The molecule has 0 amide bonds. The Labute approximate surface area is 101 Å². The summed E-state index contributed by atoms with van der Waals surface area (Å²) in [5.41, 5.74) is 0. The molecule has 0 unspecified atom stereocenters. The Balaban J connectivity index is 3.10. The number of carboxylic acids is 4. The molecule has 0 aromatic carbocycles. The molecule has 4 atom stereocenters. The zero-order valence-corrected chi connectivity index (χ0v) is 9.15. The maximum Gasteiger partial charge on any atom is 0.307 e. The molecule has 0 aliphatic heterocycles. The van der Waals surface area contributed by atoms with Crippen LogP contribution in [0, 0.1) is 23.7 Å². The Morgan fingerprint density at radius 2 is 1.33 bits per heavy atom. The number of hydrogen-bond acceptors (Lipinski definition) is 4. The van der Waals surface area contributed by atoms with Crippen molar-refractivity contribution in [3.05, 3.63) is 0 Å². The van der Waals surface area contributed by atoms with Gasteiger partial charge in [0.25, 0.3) is 0 Å². The normalized spacial score (nSPS) is 30.9. The fourth-order valence-electron chi connectivity index (χ4n) is 2.51. The Morgan fingerprint density at radius 1 is 0.833 bits per heavy atom. The fourth-order valence-corrected chi connectivity index (χ4v) is 2.51. The Kier molecular flexibility index (Phi) is 3.89. The van der Waals surface area contributed by atoms with Gasteiger partial charge >= 0.3 is 23.9 Å². The van der Waals surface area contributed by atoms with Crippen LogP contribution in [0.5, 0.6) is 0 Å². The summed E-state index contributed by atoms with van der Waals surface area (Å²) >= 11 is 0. The maximum absolute atomic E-state index is 11.0. The summed E-state index contributed by atoms with van der Waals surface area (Å²) < 4.78 is 0. The molecule has 8 heteroatoms. The molecule has 0 heterocycles. The minimum absolute atomic E-state index is 0.362. The van der Waals surface area contributed by atoms with E-state index in [0.29, 0.717) is 0 Å². The second-order valence-corrected chi connectivity index (χ2v) is 4.25. The molecule has 18 heavy (non-hydrogen) atoms. The molecule has 0 bridgehead atoms. The number of rotatable bonds is 5. The van der Waals surface area contributed by atoms with Crippen molar-refractivity contribution in [2.45, 2.75) is 12.8 Å². The van der Waals surface area contributed by atoms with Gasteiger partial charge in [-0.3, -0.25) is 19.2 Å². The van der Waals surface area contributed by atoms with Gasteiger partial charge in [-0.1, -0.05) is 0 Å². The number of aliphatic carboxylic acids is 4. The Hall–Kier alpha value is -2.12. The van der Waals surface area contributed by atoms with Crippen LogP contribution in [0.4, 0.5) is 0 Å². The first-order valence-corrected chi connectivity index (χ1v) is 5.16. The van der Waals surface area contributed by atoms with Crippen LogP contribution in [0.2, 0.25) is 0 Å². The first-order valence-electron chi connectivity index (χ1n) is 5.16. The van der Waals surface area contributed by atoms with E-state index in [1.807, 2.05) is 0 Å². The van der Waals surface area contributed by atoms with Crippen LogP contribution in [-0.4, -0.2) is 44.3 Å². The number of carbonyl (C=O) groups is 4. The third-order valence-corrected chi connectivity index (χ3v) is 3.25. The molecule has 4 N–H and O–H groups in total. The monoisotopic (exact) mass is 260 g/mol. The summed E-state index contributed by atoms with van der Waals surface area (Å²) in [6.45, 7) is 0. The van der Waals surface area contributed by atoms with Crippen LogP contribution in [0.25, 0.3) is 0 Å². The van der Waals surface area contributed by atoms with Crippen molar-refractivity contribution in [3.63, 3.8) is 0 Å². The van der Waals surface area contributed by atoms with Gasteiger partial charge in [0.05, 0.1) is 17.8 Å². The molecule has 0 spiro atoms. The summed E-state index contributed by atoms with van der Waals surface area (Å²) in [5.74, 6) is -10.9. The van der Waals surface area contributed by atoms with Crippen LogP contribution in [0.15, 0.2) is 0 Å². The largest absolute Gasteiger partial charge is 0.481 e. The van der Waals surface area contributed by atoms with Crippen molar-refractivity contribution < 1.29 is 39.6 Å². The average Bonchev–Trinajstić information content (AvgIpc) is 2.56. The topological polar surface area (TPSA) is 149 Å². The second kappa shape index (κ2) is 5.03. The van der Waals surface area contributed by atoms with Crippen molar-refractivity contribution >= 4 is 23.9 Å². The molecular formula is C10H12O8. The van der Waals surface area contributed by atoms with E-state index in [1.54, 1.807) is 0 Å². The first-order chi connectivity index (χ1) is 8.25. The fraction of sp³-hybridized carbons (Fsp3) is 0.600. The molecule has 0 aromatic heterocycles. The van der Waals surface area contributed by atoms with E-state index < -0.39 is 54.0 Å². The molecule has 100 valence electrons. The molecule has 0 radical (unpaired) electrons. The van der Waals surface area contributed by atoms with Gasteiger partial charge in [0, 0.05) is 6.42 Å². The standard InChI is InChI=1S/C10H12O8/c11-6(12)2-3-4(8(13)14)1-5(9(15)16)7(3)10(17)18/h3-5,7H,1-2H2,(H,11,12)(H,13,14)(H,15,16)(H,17,18)/t3-,4-,5+,7-/m1/s1. The highest BCUT2D eigenvalue weighted by molar-refractivity contribution is 5.85. The predicted octanol–water partition coefficient (Wildman–Crippen LogP) is -0.417. The van der Waals surface area contributed by atoms with Gasteiger partial charge in [-0.25, -0.2) is 0 Å². The molecule has 1 rings (SSSR count). The van der Waals surface area contributed by atoms with Crippen LogP contribution in [-0.2, 0) is 19.2 Å². The van der Waals surface area contributed by atoms with Crippen LogP contribution < -0.4 is 0 Å². The highest BCUT2D eigenvalue weighted by Gasteiger charge is 2.53. The Bertz CT molecular complexity index is 401. The summed E-state index contributed by atoms with van der Waals surface area (Å²) in [4.78, 5) is 43.5. The molecule has 8 nitrogen and oxygen atoms in total. The maximum atomic E-state index is 11.0. The van der Waals surface area contributed by atoms with E-state index in [1.165, 1.54) is 0 Å². The van der Waals surface area contributed by atoms with Crippen LogP contribution in [0.3, 0.4) is 0 Å². The molecule has 1 saturated carbocycles. The third-order valence-electron chi connectivity index (χ3n) is 3.25. The van der Waals surface area contributed by atoms with E-state index in [0.717, 1.165) is 0 Å². The lowest BCUT2D eigenvalue weighted by Gasteiger charge is -2.18. The summed E-state index contributed by atoms with van der Waals surface area (Å²) in [5, 5.41) is 35.4.